The number of aliphatic hydroxyl groups excluding tert-OH is 1. The molecule has 4 atom stereocenters. The smallest absolute Gasteiger partial charge is 0.251 e. The standard InChI is InChI=1S/C25H39N3O3/c1-4-18(5-2)16-27(25(31)17(3)29)11-12-28-22-9-10-23(28)15-21(14-22)19-7-6-8-20(13-19)24(26)30/h6-8,13,17-18,21-23,29H,4-5,9-12,14-16H2,1-3H3,(H2,26,30)/t17-,21-,22+,23-/m0/s1. The third-order valence-electron chi connectivity index (χ3n) is 7.46. The summed E-state index contributed by atoms with van der Waals surface area (Å²) in [7, 11) is 0. The van der Waals surface area contributed by atoms with Crippen molar-refractivity contribution in [1.82, 2.24) is 9.80 Å². The third kappa shape index (κ3) is 5.66. The number of benzene rings is 1. The molecule has 0 aromatic heterocycles. The van der Waals surface area contributed by atoms with Crippen molar-refractivity contribution in [3.8, 4) is 0 Å². The van der Waals surface area contributed by atoms with Crippen LogP contribution in [-0.4, -0.2) is 64.5 Å². The normalized spacial score (nSPS) is 24.4. The second kappa shape index (κ2) is 10.6. The van der Waals surface area contributed by atoms with Gasteiger partial charge >= 0.3 is 0 Å². The molecule has 2 saturated heterocycles. The average molecular weight is 430 g/mol. The Morgan fingerprint density at radius 3 is 2.39 bits per heavy atom. The van der Waals surface area contributed by atoms with Crippen molar-refractivity contribution < 1.29 is 14.7 Å². The molecule has 31 heavy (non-hydrogen) atoms. The Morgan fingerprint density at radius 2 is 1.84 bits per heavy atom. The van der Waals surface area contributed by atoms with Gasteiger partial charge in [-0.1, -0.05) is 38.8 Å². The zero-order valence-corrected chi connectivity index (χ0v) is 19.3. The number of piperidine rings is 1. The molecule has 3 N–H and O–H groups in total. The quantitative estimate of drug-likeness (QED) is 0.598. The zero-order valence-electron chi connectivity index (χ0n) is 19.3. The van der Waals surface area contributed by atoms with Gasteiger partial charge in [0.25, 0.3) is 5.91 Å². The Kier molecular flexibility index (Phi) is 8.11. The van der Waals surface area contributed by atoms with E-state index in [1.54, 1.807) is 13.0 Å². The molecule has 2 amide bonds. The van der Waals surface area contributed by atoms with Gasteiger partial charge in [0.05, 0.1) is 0 Å². The van der Waals surface area contributed by atoms with E-state index in [-0.39, 0.29) is 11.8 Å². The van der Waals surface area contributed by atoms with Crippen molar-refractivity contribution in [2.24, 2.45) is 11.7 Å². The molecule has 1 aromatic rings. The van der Waals surface area contributed by atoms with E-state index in [0.717, 1.165) is 38.8 Å². The second-order valence-corrected chi connectivity index (χ2v) is 9.42. The van der Waals surface area contributed by atoms with Gasteiger partial charge in [0.1, 0.15) is 6.10 Å². The van der Waals surface area contributed by atoms with Gasteiger partial charge in [0.15, 0.2) is 0 Å². The number of nitrogens with two attached hydrogens (primary N) is 1. The maximum Gasteiger partial charge on any atom is 0.251 e. The molecule has 0 spiro atoms. The van der Waals surface area contributed by atoms with Crippen LogP contribution in [-0.2, 0) is 4.79 Å². The number of aliphatic hydroxyl groups is 1. The van der Waals surface area contributed by atoms with E-state index >= 15 is 0 Å². The van der Waals surface area contributed by atoms with Gasteiger partial charge in [0, 0.05) is 37.3 Å². The minimum atomic E-state index is -0.950. The van der Waals surface area contributed by atoms with E-state index < -0.39 is 6.10 Å². The summed E-state index contributed by atoms with van der Waals surface area (Å²) in [5, 5.41) is 9.89. The molecule has 0 unspecified atom stereocenters. The predicted octanol–water partition coefficient (Wildman–Crippen LogP) is 3.14. The summed E-state index contributed by atoms with van der Waals surface area (Å²) >= 11 is 0. The molecule has 6 nitrogen and oxygen atoms in total. The first-order valence-corrected chi connectivity index (χ1v) is 12.0. The van der Waals surface area contributed by atoms with Crippen molar-refractivity contribution >= 4 is 11.8 Å². The van der Waals surface area contributed by atoms with Crippen molar-refractivity contribution in [2.45, 2.75) is 83.4 Å². The van der Waals surface area contributed by atoms with Crippen molar-refractivity contribution in [2.75, 3.05) is 19.6 Å². The largest absolute Gasteiger partial charge is 0.384 e. The lowest BCUT2D eigenvalue weighted by molar-refractivity contribution is -0.140. The second-order valence-electron chi connectivity index (χ2n) is 9.42. The van der Waals surface area contributed by atoms with E-state index in [4.69, 9.17) is 5.73 Å². The number of hydrogen-bond donors (Lipinski definition) is 2. The van der Waals surface area contributed by atoms with Crippen LogP contribution in [0.4, 0.5) is 0 Å². The summed E-state index contributed by atoms with van der Waals surface area (Å²) in [5.74, 6) is 0.399. The highest BCUT2D eigenvalue weighted by Gasteiger charge is 2.41. The number of hydrogen-bond acceptors (Lipinski definition) is 4. The van der Waals surface area contributed by atoms with Crippen LogP contribution in [0, 0.1) is 5.92 Å². The number of fused-ring (bicyclic) bond motifs is 2. The topological polar surface area (TPSA) is 86.9 Å². The molecule has 2 fully saturated rings. The fraction of sp³-hybridized carbons (Fsp3) is 0.680. The van der Waals surface area contributed by atoms with Gasteiger partial charge in [-0.2, -0.15) is 0 Å². The van der Waals surface area contributed by atoms with Gasteiger partial charge in [-0.25, -0.2) is 0 Å². The molecular formula is C25H39N3O3. The number of nitrogens with zero attached hydrogens (tertiary/aromatic N) is 2. The average Bonchev–Trinajstić information content (AvgIpc) is 3.00. The van der Waals surface area contributed by atoms with Gasteiger partial charge in [-0.05, 0) is 62.1 Å². The first kappa shape index (κ1) is 23.7. The van der Waals surface area contributed by atoms with Crippen LogP contribution in [0.25, 0.3) is 0 Å². The number of rotatable bonds is 10. The minimum Gasteiger partial charge on any atom is -0.384 e. The highest BCUT2D eigenvalue weighted by Crippen LogP contribution is 2.43. The lowest BCUT2D eigenvalue weighted by atomic mass is 9.84. The molecule has 2 heterocycles. The van der Waals surface area contributed by atoms with Crippen LogP contribution in [0.5, 0.6) is 0 Å². The molecule has 172 valence electrons. The van der Waals surface area contributed by atoms with E-state index in [1.165, 1.54) is 18.4 Å². The molecule has 0 aliphatic carbocycles. The maximum atomic E-state index is 12.6. The minimum absolute atomic E-state index is 0.155. The Hall–Kier alpha value is -1.92. The van der Waals surface area contributed by atoms with Gasteiger partial charge in [0.2, 0.25) is 5.91 Å². The molecule has 2 bridgehead atoms. The lowest BCUT2D eigenvalue weighted by Gasteiger charge is -2.40. The summed E-state index contributed by atoms with van der Waals surface area (Å²) in [6.45, 7) is 8.16. The first-order chi connectivity index (χ1) is 14.8. The molecule has 2 aliphatic rings. The summed E-state index contributed by atoms with van der Waals surface area (Å²) < 4.78 is 0. The Balaban J connectivity index is 1.64. The van der Waals surface area contributed by atoms with E-state index in [2.05, 4.69) is 24.8 Å². The van der Waals surface area contributed by atoms with E-state index in [1.807, 2.05) is 17.0 Å². The molecule has 0 radical (unpaired) electrons. The third-order valence-corrected chi connectivity index (χ3v) is 7.46. The SMILES string of the molecule is CCC(CC)CN(CCN1[C@@H]2CC[C@H]1C[C@@H](c1cccc(C(N)=O)c1)C2)C(=O)[C@H](C)O. The van der Waals surface area contributed by atoms with Gasteiger partial charge < -0.3 is 15.7 Å². The Labute approximate surface area is 186 Å². The van der Waals surface area contributed by atoms with Crippen LogP contribution in [0.3, 0.4) is 0 Å². The van der Waals surface area contributed by atoms with Crippen molar-refractivity contribution in [3.05, 3.63) is 35.4 Å². The molecule has 1 aromatic carbocycles. The Morgan fingerprint density at radius 1 is 1.19 bits per heavy atom. The van der Waals surface area contributed by atoms with Crippen molar-refractivity contribution in [1.29, 1.82) is 0 Å². The van der Waals surface area contributed by atoms with Gasteiger partial charge in [-0.3, -0.25) is 14.5 Å². The fourth-order valence-electron chi connectivity index (χ4n) is 5.51. The van der Waals surface area contributed by atoms with E-state index in [0.29, 0.717) is 36.0 Å². The predicted molar refractivity (Wildman–Crippen MR) is 123 cm³/mol. The van der Waals surface area contributed by atoms with Crippen LogP contribution in [0.2, 0.25) is 0 Å². The van der Waals surface area contributed by atoms with Crippen LogP contribution < -0.4 is 5.73 Å². The molecule has 2 aliphatic heterocycles. The summed E-state index contributed by atoms with van der Waals surface area (Å²) in [6, 6.07) is 8.81. The fourth-order valence-corrected chi connectivity index (χ4v) is 5.51. The summed E-state index contributed by atoms with van der Waals surface area (Å²) in [4.78, 5) is 28.6. The summed E-state index contributed by atoms with van der Waals surface area (Å²) in [5.41, 5.74) is 7.27. The first-order valence-electron chi connectivity index (χ1n) is 12.0. The van der Waals surface area contributed by atoms with Crippen LogP contribution >= 0.6 is 0 Å². The molecule has 3 rings (SSSR count). The number of carbonyl (C=O) groups excluding carboxylic acids is 2. The number of carbonyl (C=O) groups is 2. The molecule has 6 heteroatoms. The monoisotopic (exact) mass is 429 g/mol. The van der Waals surface area contributed by atoms with Crippen molar-refractivity contribution in [3.63, 3.8) is 0 Å². The van der Waals surface area contributed by atoms with Crippen LogP contribution in [0.15, 0.2) is 24.3 Å². The summed E-state index contributed by atoms with van der Waals surface area (Å²) in [6.07, 6.45) is 5.67. The Bertz CT molecular complexity index is 748. The zero-order chi connectivity index (χ0) is 22.5. The van der Waals surface area contributed by atoms with Gasteiger partial charge in [-0.15, -0.1) is 0 Å². The number of amides is 2. The number of primary amides is 1. The van der Waals surface area contributed by atoms with E-state index in [9.17, 15) is 14.7 Å². The molecule has 0 saturated carbocycles. The maximum absolute atomic E-state index is 12.6. The van der Waals surface area contributed by atoms with Crippen LogP contribution in [0.1, 0.15) is 81.1 Å². The molecular weight excluding hydrogens is 390 g/mol. The lowest BCUT2D eigenvalue weighted by Crippen LogP contribution is -2.49. The highest BCUT2D eigenvalue weighted by molar-refractivity contribution is 5.92. The highest BCUT2D eigenvalue weighted by atomic mass is 16.3.